The van der Waals surface area contributed by atoms with Gasteiger partial charge in [-0.3, -0.25) is 9.36 Å². The lowest BCUT2D eigenvalue weighted by Gasteiger charge is -2.16. The first-order valence-corrected chi connectivity index (χ1v) is 9.87. The van der Waals surface area contributed by atoms with Crippen LogP contribution >= 0.6 is 23.4 Å². The summed E-state index contributed by atoms with van der Waals surface area (Å²) in [7, 11) is 0. The van der Waals surface area contributed by atoms with Crippen molar-refractivity contribution in [1.82, 2.24) is 9.55 Å². The Kier molecular flexibility index (Phi) is 6.01. The number of para-hydroxylation sites is 1. The Hall–Kier alpha value is -1.82. The number of aromatic nitrogens is 2. The molecule has 0 saturated heterocycles. The Balaban J connectivity index is 2.12. The van der Waals surface area contributed by atoms with Gasteiger partial charge in [0.1, 0.15) is 0 Å². The van der Waals surface area contributed by atoms with Gasteiger partial charge in [0, 0.05) is 10.8 Å². The second-order valence-corrected chi connectivity index (χ2v) is 7.67. The Morgan fingerprint density at radius 3 is 2.73 bits per heavy atom. The lowest BCUT2D eigenvalue weighted by atomic mass is 10.2. The van der Waals surface area contributed by atoms with E-state index in [0.29, 0.717) is 33.4 Å². The number of hydrogen-bond donors (Lipinski definition) is 0. The quantitative estimate of drug-likeness (QED) is 0.343. The van der Waals surface area contributed by atoms with Crippen LogP contribution in [0.4, 0.5) is 0 Å². The minimum Gasteiger partial charge on any atom is -0.378 e. The molecule has 0 saturated carbocycles. The Morgan fingerprint density at radius 1 is 1.19 bits per heavy atom. The summed E-state index contributed by atoms with van der Waals surface area (Å²) >= 11 is 7.80. The van der Waals surface area contributed by atoms with Crippen molar-refractivity contribution in [2.75, 3.05) is 12.4 Å². The van der Waals surface area contributed by atoms with Crippen LogP contribution in [0.25, 0.3) is 16.6 Å². The van der Waals surface area contributed by atoms with Gasteiger partial charge in [0.05, 0.1) is 29.3 Å². The van der Waals surface area contributed by atoms with E-state index in [1.54, 1.807) is 10.6 Å². The third-order valence-corrected chi connectivity index (χ3v) is 5.30. The lowest BCUT2D eigenvalue weighted by molar-refractivity contribution is 0.0920. The highest BCUT2D eigenvalue weighted by Crippen LogP contribution is 2.26. The molecule has 2 aromatic carbocycles. The van der Waals surface area contributed by atoms with Gasteiger partial charge in [-0.05, 0) is 50.6 Å². The van der Waals surface area contributed by atoms with Crippen LogP contribution in [0.1, 0.15) is 19.4 Å². The van der Waals surface area contributed by atoms with Crippen LogP contribution in [0.15, 0.2) is 52.4 Å². The number of nitrogens with zero attached hydrogens (tertiary/aromatic N) is 2. The van der Waals surface area contributed by atoms with Crippen LogP contribution in [0, 0.1) is 6.92 Å². The van der Waals surface area contributed by atoms with Gasteiger partial charge in [-0.2, -0.15) is 0 Å². The zero-order chi connectivity index (χ0) is 18.7. The third kappa shape index (κ3) is 3.95. The molecule has 1 heterocycles. The van der Waals surface area contributed by atoms with Crippen molar-refractivity contribution in [1.29, 1.82) is 0 Å². The molecule has 26 heavy (non-hydrogen) atoms. The largest absolute Gasteiger partial charge is 0.378 e. The summed E-state index contributed by atoms with van der Waals surface area (Å²) in [6.45, 7) is 6.52. The van der Waals surface area contributed by atoms with Gasteiger partial charge < -0.3 is 4.74 Å². The van der Waals surface area contributed by atoms with Gasteiger partial charge in [0.15, 0.2) is 5.16 Å². The summed E-state index contributed by atoms with van der Waals surface area (Å²) in [5, 5.41) is 1.86. The van der Waals surface area contributed by atoms with E-state index in [4.69, 9.17) is 21.3 Å². The van der Waals surface area contributed by atoms with Crippen molar-refractivity contribution in [2.45, 2.75) is 32.0 Å². The van der Waals surface area contributed by atoms with Crippen molar-refractivity contribution < 1.29 is 4.74 Å². The van der Waals surface area contributed by atoms with Crippen LogP contribution in [-0.4, -0.2) is 28.0 Å². The smallest absolute Gasteiger partial charge is 0.266 e. The lowest BCUT2D eigenvalue weighted by Crippen LogP contribution is -2.23. The van der Waals surface area contributed by atoms with E-state index in [9.17, 15) is 4.79 Å². The van der Waals surface area contributed by atoms with Crippen molar-refractivity contribution in [3.63, 3.8) is 0 Å². The molecule has 0 N–H and O–H groups in total. The standard InChI is InChI=1S/C20H21ClN2O2S/c1-13(2)25-11-12-26-20-22-17-9-5-4-7-15(17)19(24)23(20)18-10-6-8-16(21)14(18)3/h4-10,13H,11-12H2,1-3H3. The molecule has 0 atom stereocenters. The highest BCUT2D eigenvalue weighted by atomic mass is 35.5. The third-order valence-electron chi connectivity index (χ3n) is 3.99. The van der Waals surface area contributed by atoms with Crippen LogP contribution < -0.4 is 5.56 Å². The molecule has 0 aliphatic carbocycles. The van der Waals surface area contributed by atoms with Crippen LogP contribution in [0.3, 0.4) is 0 Å². The van der Waals surface area contributed by atoms with E-state index >= 15 is 0 Å². The van der Waals surface area contributed by atoms with E-state index in [1.165, 1.54) is 11.8 Å². The number of ether oxygens (including phenoxy) is 1. The first kappa shape index (κ1) is 19.0. The Bertz CT molecular complexity index is 985. The number of hydrogen-bond acceptors (Lipinski definition) is 4. The molecular formula is C20H21ClN2O2S. The van der Waals surface area contributed by atoms with Crippen molar-refractivity contribution in [3.8, 4) is 5.69 Å². The minimum absolute atomic E-state index is 0.0896. The second-order valence-electron chi connectivity index (χ2n) is 6.20. The van der Waals surface area contributed by atoms with E-state index in [-0.39, 0.29) is 11.7 Å². The van der Waals surface area contributed by atoms with Gasteiger partial charge in [0.25, 0.3) is 5.56 Å². The molecule has 0 bridgehead atoms. The fraction of sp³-hybridized carbons (Fsp3) is 0.300. The monoisotopic (exact) mass is 388 g/mol. The maximum absolute atomic E-state index is 13.2. The average molecular weight is 389 g/mol. The van der Waals surface area contributed by atoms with Gasteiger partial charge in [-0.25, -0.2) is 4.98 Å². The highest BCUT2D eigenvalue weighted by Gasteiger charge is 2.15. The molecule has 0 radical (unpaired) electrons. The normalized spacial score (nSPS) is 11.4. The number of rotatable bonds is 6. The fourth-order valence-electron chi connectivity index (χ4n) is 2.68. The van der Waals surface area contributed by atoms with E-state index in [0.717, 1.165) is 11.3 Å². The summed E-state index contributed by atoms with van der Waals surface area (Å²) < 4.78 is 7.27. The molecule has 0 aliphatic rings. The molecule has 136 valence electrons. The molecule has 0 spiro atoms. The van der Waals surface area contributed by atoms with E-state index < -0.39 is 0 Å². The van der Waals surface area contributed by atoms with E-state index in [2.05, 4.69) is 0 Å². The molecule has 1 aromatic heterocycles. The molecule has 3 aromatic rings. The summed E-state index contributed by atoms with van der Waals surface area (Å²) in [6.07, 6.45) is 0.178. The molecule has 6 heteroatoms. The van der Waals surface area contributed by atoms with Crippen molar-refractivity contribution in [2.24, 2.45) is 0 Å². The molecule has 4 nitrogen and oxygen atoms in total. The van der Waals surface area contributed by atoms with Crippen molar-refractivity contribution in [3.05, 3.63) is 63.4 Å². The minimum atomic E-state index is -0.0896. The Labute approximate surface area is 162 Å². The van der Waals surface area contributed by atoms with Gasteiger partial charge in [-0.15, -0.1) is 0 Å². The Morgan fingerprint density at radius 2 is 1.96 bits per heavy atom. The summed E-state index contributed by atoms with van der Waals surface area (Å²) in [5.74, 6) is 0.711. The van der Waals surface area contributed by atoms with E-state index in [1.807, 2.05) is 57.2 Å². The topological polar surface area (TPSA) is 44.1 Å². The highest BCUT2D eigenvalue weighted by molar-refractivity contribution is 7.99. The predicted octanol–water partition coefficient (Wildman–Crippen LogP) is 4.86. The fourth-order valence-corrected chi connectivity index (χ4v) is 3.68. The van der Waals surface area contributed by atoms with Gasteiger partial charge >= 0.3 is 0 Å². The summed E-state index contributed by atoms with van der Waals surface area (Å²) in [5.41, 5.74) is 2.22. The molecule has 0 unspecified atom stereocenters. The molecule has 3 rings (SSSR count). The predicted molar refractivity (Wildman–Crippen MR) is 109 cm³/mol. The number of halogens is 1. The number of thioether (sulfide) groups is 1. The maximum Gasteiger partial charge on any atom is 0.266 e. The zero-order valence-electron chi connectivity index (χ0n) is 15.0. The first-order chi connectivity index (χ1) is 12.5. The first-order valence-electron chi connectivity index (χ1n) is 8.50. The van der Waals surface area contributed by atoms with Crippen LogP contribution in [0.5, 0.6) is 0 Å². The van der Waals surface area contributed by atoms with Crippen LogP contribution in [-0.2, 0) is 4.74 Å². The van der Waals surface area contributed by atoms with Crippen LogP contribution in [0.2, 0.25) is 5.02 Å². The summed E-state index contributed by atoms with van der Waals surface area (Å²) in [4.78, 5) is 17.9. The molecular weight excluding hydrogens is 368 g/mol. The SMILES string of the molecule is Cc1c(Cl)cccc1-n1c(SCCOC(C)C)nc2ccccc2c1=O. The summed E-state index contributed by atoms with van der Waals surface area (Å²) in [6, 6.07) is 13.0. The zero-order valence-corrected chi connectivity index (χ0v) is 16.6. The van der Waals surface area contributed by atoms with Gasteiger partial charge in [-0.1, -0.05) is 41.6 Å². The molecule has 0 aliphatic heterocycles. The number of benzene rings is 2. The van der Waals surface area contributed by atoms with Gasteiger partial charge in [0.2, 0.25) is 0 Å². The molecule has 0 amide bonds. The van der Waals surface area contributed by atoms with Crippen molar-refractivity contribution >= 4 is 34.3 Å². The maximum atomic E-state index is 13.2. The molecule has 0 fully saturated rings. The second kappa shape index (κ2) is 8.25. The number of fused-ring (bicyclic) bond motifs is 1. The average Bonchev–Trinajstić information content (AvgIpc) is 2.62.